The van der Waals surface area contributed by atoms with E-state index in [0.717, 1.165) is 59.6 Å². The van der Waals surface area contributed by atoms with Crippen molar-refractivity contribution in [3.63, 3.8) is 0 Å². The van der Waals surface area contributed by atoms with Crippen molar-refractivity contribution in [3.05, 3.63) is 71.0 Å². The average molecular weight is 417 g/mol. The minimum Gasteiger partial charge on any atom is -0.315 e. The summed E-state index contributed by atoms with van der Waals surface area (Å²) in [5, 5.41) is 14.4. The standard InChI is InChI=1S/C23H24N6S/c1-16-27-28-23(30-16)26-22-6-2-5-21(25-22)18-9-12-29(13-10-18)15-17-7-8-20-19(14-17)4-3-11-24-20/h2-8,11,14,18H,9-10,12-13,15H2,1H3,(H,25,26,28). The van der Waals surface area contributed by atoms with Crippen LogP contribution in [0.25, 0.3) is 10.9 Å². The van der Waals surface area contributed by atoms with Crippen LogP contribution in [-0.2, 0) is 6.54 Å². The highest BCUT2D eigenvalue weighted by Crippen LogP contribution is 2.29. The molecule has 1 N–H and O–H groups in total. The smallest absolute Gasteiger partial charge is 0.211 e. The monoisotopic (exact) mass is 416 g/mol. The van der Waals surface area contributed by atoms with E-state index in [2.05, 4.69) is 61.8 Å². The summed E-state index contributed by atoms with van der Waals surface area (Å²) < 4.78 is 0. The third-order valence-corrected chi connectivity index (χ3v) is 6.37. The van der Waals surface area contributed by atoms with Gasteiger partial charge in [0.15, 0.2) is 0 Å². The second-order valence-corrected chi connectivity index (χ2v) is 8.96. The Hall–Kier alpha value is -2.90. The molecule has 7 heteroatoms. The molecule has 0 unspecified atom stereocenters. The fourth-order valence-corrected chi connectivity index (χ4v) is 4.67. The molecule has 6 nitrogen and oxygen atoms in total. The van der Waals surface area contributed by atoms with Gasteiger partial charge >= 0.3 is 0 Å². The first-order chi connectivity index (χ1) is 14.7. The molecule has 0 atom stereocenters. The Balaban J connectivity index is 1.20. The zero-order valence-corrected chi connectivity index (χ0v) is 17.8. The predicted molar refractivity (Wildman–Crippen MR) is 121 cm³/mol. The Morgan fingerprint density at radius 3 is 2.80 bits per heavy atom. The van der Waals surface area contributed by atoms with E-state index in [1.807, 2.05) is 25.3 Å². The lowest BCUT2D eigenvalue weighted by atomic mass is 9.92. The molecular weight excluding hydrogens is 392 g/mol. The van der Waals surface area contributed by atoms with Crippen molar-refractivity contribution in [2.45, 2.75) is 32.2 Å². The molecule has 0 spiro atoms. The molecule has 0 aliphatic carbocycles. The Labute approximate surface area is 180 Å². The summed E-state index contributed by atoms with van der Waals surface area (Å²) in [4.78, 5) is 11.8. The summed E-state index contributed by atoms with van der Waals surface area (Å²) in [7, 11) is 0. The van der Waals surface area contributed by atoms with Crippen LogP contribution in [0.3, 0.4) is 0 Å². The number of aromatic nitrogens is 4. The molecule has 1 aliphatic heterocycles. The number of hydrogen-bond acceptors (Lipinski definition) is 7. The third kappa shape index (κ3) is 4.32. The highest BCUT2D eigenvalue weighted by molar-refractivity contribution is 7.15. The molecule has 3 aromatic heterocycles. The van der Waals surface area contributed by atoms with E-state index in [0.29, 0.717) is 5.92 Å². The number of fused-ring (bicyclic) bond motifs is 1. The Kier molecular flexibility index (Phi) is 5.38. The fourth-order valence-electron chi connectivity index (χ4n) is 4.07. The van der Waals surface area contributed by atoms with Crippen LogP contribution < -0.4 is 5.32 Å². The first-order valence-corrected chi connectivity index (χ1v) is 11.1. The molecule has 1 aromatic carbocycles. The van der Waals surface area contributed by atoms with Crippen molar-refractivity contribution in [1.29, 1.82) is 0 Å². The molecule has 30 heavy (non-hydrogen) atoms. The number of benzene rings is 1. The molecule has 0 saturated carbocycles. The van der Waals surface area contributed by atoms with Crippen molar-refractivity contribution >= 4 is 33.2 Å². The zero-order valence-electron chi connectivity index (χ0n) is 17.0. The minimum absolute atomic E-state index is 0.500. The maximum Gasteiger partial charge on any atom is 0.211 e. The third-order valence-electron chi connectivity index (χ3n) is 5.61. The van der Waals surface area contributed by atoms with Crippen molar-refractivity contribution < 1.29 is 0 Å². The SMILES string of the molecule is Cc1nnc(Nc2cccc(C3CCN(Cc4ccc5ncccc5c4)CC3)n2)s1. The van der Waals surface area contributed by atoms with E-state index in [9.17, 15) is 0 Å². The lowest BCUT2D eigenvalue weighted by Gasteiger charge is -2.31. The van der Waals surface area contributed by atoms with Crippen LogP contribution in [0.5, 0.6) is 0 Å². The van der Waals surface area contributed by atoms with Gasteiger partial charge in [-0.05, 0) is 68.8 Å². The maximum atomic E-state index is 4.85. The van der Waals surface area contributed by atoms with Gasteiger partial charge in [-0.25, -0.2) is 4.98 Å². The van der Waals surface area contributed by atoms with Gasteiger partial charge in [0, 0.05) is 29.7 Å². The van der Waals surface area contributed by atoms with Crippen molar-refractivity contribution in [3.8, 4) is 0 Å². The quantitative estimate of drug-likeness (QED) is 0.498. The molecule has 4 aromatic rings. The highest BCUT2D eigenvalue weighted by atomic mass is 32.1. The van der Waals surface area contributed by atoms with Crippen molar-refractivity contribution in [1.82, 2.24) is 25.1 Å². The Morgan fingerprint density at radius 2 is 1.97 bits per heavy atom. The lowest BCUT2D eigenvalue weighted by Crippen LogP contribution is -2.32. The number of aryl methyl sites for hydroxylation is 1. The van der Waals surface area contributed by atoms with Gasteiger partial charge in [-0.15, -0.1) is 10.2 Å². The van der Waals surface area contributed by atoms with E-state index in [4.69, 9.17) is 4.98 Å². The van der Waals surface area contributed by atoms with Crippen LogP contribution in [0.15, 0.2) is 54.7 Å². The highest BCUT2D eigenvalue weighted by Gasteiger charge is 2.22. The summed E-state index contributed by atoms with van der Waals surface area (Å²) in [6, 6.07) is 16.9. The van der Waals surface area contributed by atoms with Crippen LogP contribution in [0, 0.1) is 6.92 Å². The second kappa shape index (κ2) is 8.45. The number of hydrogen-bond donors (Lipinski definition) is 1. The number of rotatable bonds is 5. The summed E-state index contributed by atoms with van der Waals surface area (Å²) in [6.45, 7) is 5.12. The summed E-state index contributed by atoms with van der Waals surface area (Å²) in [5.74, 6) is 1.34. The van der Waals surface area contributed by atoms with Gasteiger partial charge in [0.2, 0.25) is 5.13 Å². The van der Waals surface area contributed by atoms with Crippen LogP contribution in [0.2, 0.25) is 0 Å². The van der Waals surface area contributed by atoms with Crippen LogP contribution in [0.4, 0.5) is 10.9 Å². The molecule has 152 valence electrons. The largest absolute Gasteiger partial charge is 0.315 e. The number of likely N-dealkylation sites (tertiary alicyclic amines) is 1. The molecule has 5 rings (SSSR count). The maximum absolute atomic E-state index is 4.85. The molecule has 4 heterocycles. The number of piperidine rings is 1. The van der Waals surface area contributed by atoms with E-state index in [1.165, 1.54) is 10.9 Å². The second-order valence-electron chi connectivity index (χ2n) is 7.78. The van der Waals surface area contributed by atoms with Gasteiger partial charge in [-0.3, -0.25) is 9.88 Å². The first kappa shape index (κ1) is 19.1. The average Bonchev–Trinajstić information content (AvgIpc) is 3.19. The summed E-state index contributed by atoms with van der Waals surface area (Å²) >= 11 is 1.54. The fraction of sp³-hybridized carbons (Fsp3) is 0.304. The van der Waals surface area contributed by atoms with Crippen LogP contribution in [-0.4, -0.2) is 38.2 Å². The summed E-state index contributed by atoms with van der Waals surface area (Å²) in [6.07, 6.45) is 4.10. The lowest BCUT2D eigenvalue weighted by molar-refractivity contribution is 0.203. The van der Waals surface area contributed by atoms with Gasteiger partial charge in [0.05, 0.1) is 5.52 Å². The van der Waals surface area contributed by atoms with E-state index >= 15 is 0 Å². The van der Waals surface area contributed by atoms with Gasteiger partial charge in [0.25, 0.3) is 0 Å². The van der Waals surface area contributed by atoms with Gasteiger partial charge in [-0.1, -0.05) is 29.5 Å². The number of pyridine rings is 2. The number of anilines is 2. The molecule has 1 fully saturated rings. The first-order valence-electron chi connectivity index (χ1n) is 10.3. The molecule has 1 saturated heterocycles. The van der Waals surface area contributed by atoms with E-state index in [1.54, 1.807) is 11.3 Å². The molecule has 0 radical (unpaired) electrons. The van der Waals surface area contributed by atoms with E-state index in [-0.39, 0.29) is 0 Å². The Bertz CT molecular complexity index is 1150. The van der Waals surface area contributed by atoms with Crippen LogP contribution >= 0.6 is 11.3 Å². The van der Waals surface area contributed by atoms with Gasteiger partial charge < -0.3 is 5.32 Å². The van der Waals surface area contributed by atoms with Crippen LogP contribution in [0.1, 0.15) is 35.0 Å². The topological polar surface area (TPSA) is 66.8 Å². The molecule has 0 bridgehead atoms. The Morgan fingerprint density at radius 1 is 1.07 bits per heavy atom. The molecule has 0 amide bonds. The van der Waals surface area contributed by atoms with Crippen molar-refractivity contribution in [2.75, 3.05) is 18.4 Å². The normalized spacial score (nSPS) is 15.5. The predicted octanol–water partition coefficient (Wildman–Crippen LogP) is 4.91. The minimum atomic E-state index is 0.500. The number of nitrogens with zero attached hydrogens (tertiary/aromatic N) is 5. The van der Waals surface area contributed by atoms with Crippen molar-refractivity contribution in [2.24, 2.45) is 0 Å². The zero-order chi connectivity index (χ0) is 20.3. The number of nitrogens with one attached hydrogen (secondary N) is 1. The van der Waals surface area contributed by atoms with Gasteiger partial charge in [-0.2, -0.15) is 0 Å². The van der Waals surface area contributed by atoms with E-state index < -0.39 is 0 Å². The summed E-state index contributed by atoms with van der Waals surface area (Å²) in [5.41, 5.74) is 3.58. The van der Waals surface area contributed by atoms with Gasteiger partial charge in [0.1, 0.15) is 10.8 Å². The molecular formula is C23H24N6S. The molecule has 1 aliphatic rings.